The number of para-hydroxylation sites is 1. The zero-order valence-electron chi connectivity index (χ0n) is 11.4. The second-order valence-electron chi connectivity index (χ2n) is 5.83. The molecule has 2 fully saturated rings. The number of rotatable bonds is 1. The van der Waals surface area contributed by atoms with Gasteiger partial charge in [-0.15, -0.1) is 0 Å². The number of hydrogen-bond acceptors (Lipinski definition) is 6. The minimum absolute atomic E-state index is 0.305. The predicted octanol–water partition coefficient (Wildman–Crippen LogP) is 1.51. The number of nitrogens with one attached hydrogen (secondary N) is 1. The fraction of sp³-hybridized carbons (Fsp3) is 0.333. The molecule has 3 aromatic rings. The van der Waals surface area contributed by atoms with Gasteiger partial charge in [-0.25, -0.2) is 4.98 Å². The van der Waals surface area contributed by atoms with E-state index in [0.29, 0.717) is 18.0 Å². The van der Waals surface area contributed by atoms with E-state index >= 15 is 0 Å². The minimum Gasteiger partial charge on any atom is -0.450 e. The van der Waals surface area contributed by atoms with E-state index in [-0.39, 0.29) is 0 Å². The van der Waals surface area contributed by atoms with Gasteiger partial charge < -0.3 is 20.4 Å². The molecule has 3 N–H and O–H groups in total. The monoisotopic (exact) mass is 281 g/mol. The van der Waals surface area contributed by atoms with Crippen LogP contribution in [0, 0.1) is 0 Å². The SMILES string of the molecule is Nc1nc(N2C[C@@H]3C[C@H]2CN3)c2oc3ccccc3c2n1. The number of anilines is 2. The Hall–Kier alpha value is -2.34. The number of piperazine rings is 1. The van der Waals surface area contributed by atoms with E-state index in [9.17, 15) is 0 Å². The molecule has 106 valence electrons. The van der Waals surface area contributed by atoms with Crippen molar-refractivity contribution in [2.24, 2.45) is 0 Å². The molecule has 21 heavy (non-hydrogen) atoms. The topological polar surface area (TPSA) is 80.2 Å². The van der Waals surface area contributed by atoms with Gasteiger partial charge in [-0.2, -0.15) is 4.98 Å². The van der Waals surface area contributed by atoms with Gasteiger partial charge in [0.15, 0.2) is 11.4 Å². The highest BCUT2D eigenvalue weighted by Crippen LogP contribution is 2.37. The number of nitrogens with two attached hydrogens (primary N) is 1. The van der Waals surface area contributed by atoms with Crippen molar-refractivity contribution < 1.29 is 4.42 Å². The van der Waals surface area contributed by atoms with Crippen LogP contribution in [0.2, 0.25) is 0 Å². The quantitative estimate of drug-likeness (QED) is 0.704. The van der Waals surface area contributed by atoms with Crippen LogP contribution in [0.15, 0.2) is 28.7 Å². The fourth-order valence-electron chi connectivity index (χ4n) is 3.61. The van der Waals surface area contributed by atoms with Gasteiger partial charge in [0.05, 0.1) is 0 Å². The molecule has 6 heteroatoms. The largest absolute Gasteiger partial charge is 0.450 e. The molecule has 2 aliphatic heterocycles. The highest BCUT2D eigenvalue weighted by Gasteiger charge is 2.39. The van der Waals surface area contributed by atoms with Crippen LogP contribution in [-0.2, 0) is 0 Å². The highest BCUT2D eigenvalue weighted by atomic mass is 16.3. The Morgan fingerprint density at radius 1 is 1.29 bits per heavy atom. The van der Waals surface area contributed by atoms with Gasteiger partial charge in [0, 0.05) is 30.6 Å². The Morgan fingerprint density at radius 3 is 3.00 bits per heavy atom. The summed E-state index contributed by atoms with van der Waals surface area (Å²) in [6.07, 6.45) is 1.16. The molecule has 2 aliphatic rings. The Bertz CT molecular complexity index is 858. The number of aromatic nitrogens is 2. The molecule has 1 aromatic carbocycles. The minimum atomic E-state index is 0.305. The van der Waals surface area contributed by atoms with Crippen molar-refractivity contribution in [3.8, 4) is 0 Å². The van der Waals surface area contributed by atoms with Crippen molar-refractivity contribution >= 4 is 33.8 Å². The van der Waals surface area contributed by atoms with Crippen LogP contribution in [0.3, 0.4) is 0 Å². The van der Waals surface area contributed by atoms with Crippen LogP contribution < -0.4 is 16.0 Å². The van der Waals surface area contributed by atoms with Crippen LogP contribution in [-0.4, -0.2) is 35.1 Å². The first kappa shape index (κ1) is 11.3. The third kappa shape index (κ3) is 1.50. The van der Waals surface area contributed by atoms with Crippen molar-refractivity contribution in [1.29, 1.82) is 0 Å². The maximum absolute atomic E-state index is 6.02. The molecule has 2 bridgehead atoms. The molecular weight excluding hydrogens is 266 g/mol. The molecule has 2 atom stereocenters. The summed E-state index contributed by atoms with van der Waals surface area (Å²) < 4.78 is 6.02. The van der Waals surface area contributed by atoms with Crippen LogP contribution in [0.4, 0.5) is 11.8 Å². The molecule has 6 nitrogen and oxygen atoms in total. The van der Waals surface area contributed by atoms with Gasteiger partial charge in [0.25, 0.3) is 0 Å². The fourth-order valence-corrected chi connectivity index (χ4v) is 3.61. The van der Waals surface area contributed by atoms with E-state index < -0.39 is 0 Å². The Morgan fingerprint density at radius 2 is 2.19 bits per heavy atom. The van der Waals surface area contributed by atoms with Crippen molar-refractivity contribution in [3.05, 3.63) is 24.3 Å². The van der Waals surface area contributed by atoms with Crippen molar-refractivity contribution in [3.63, 3.8) is 0 Å². The first-order chi connectivity index (χ1) is 10.3. The van der Waals surface area contributed by atoms with Gasteiger partial charge in [-0.1, -0.05) is 12.1 Å². The van der Waals surface area contributed by atoms with Crippen molar-refractivity contribution in [2.45, 2.75) is 18.5 Å². The summed E-state index contributed by atoms with van der Waals surface area (Å²) in [6.45, 7) is 1.95. The maximum Gasteiger partial charge on any atom is 0.222 e. The zero-order chi connectivity index (χ0) is 14.0. The third-order valence-electron chi connectivity index (χ3n) is 4.55. The lowest BCUT2D eigenvalue weighted by Crippen LogP contribution is -2.44. The Kier molecular flexibility index (Phi) is 2.08. The number of hydrogen-bond donors (Lipinski definition) is 2. The van der Waals surface area contributed by atoms with E-state index in [1.165, 1.54) is 0 Å². The van der Waals surface area contributed by atoms with E-state index in [2.05, 4.69) is 20.2 Å². The van der Waals surface area contributed by atoms with E-state index in [4.69, 9.17) is 10.2 Å². The number of nitrogens with zero attached hydrogens (tertiary/aromatic N) is 3. The number of furan rings is 1. The molecule has 2 aromatic heterocycles. The number of nitrogen functional groups attached to an aromatic ring is 1. The van der Waals surface area contributed by atoms with E-state index in [1.54, 1.807) is 0 Å². The lowest BCUT2D eigenvalue weighted by molar-refractivity contribution is 0.572. The molecule has 4 heterocycles. The molecule has 0 spiro atoms. The van der Waals surface area contributed by atoms with E-state index in [1.807, 2.05) is 24.3 Å². The second kappa shape index (κ2) is 3.85. The molecule has 0 saturated carbocycles. The van der Waals surface area contributed by atoms with Crippen molar-refractivity contribution in [1.82, 2.24) is 15.3 Å². The van der Waals surface area contributed by atoms with Crippen LogP contribution >= 0.6 is 0 Å². The normalized spacial score (nSPS) is 24.5. The standard InChI is InChI=1S/C15H15N5O/c16-15-18-12-10-3-1-2-4-11(10)21-13(12)14(19-15)20-7-8-5-9(20)6-17-8/h1-4,8-9,17H,5-7H2,(H2,16,18,19)/t8-,9-/m0/s1. The third-order valence-corrected chi connectivity index (χ3v) is 4.55. The maximum atomic E-state index is 6.02. The Balaban J connectivity index is 1.79. The summed E-state index contributed by atoms with van der Waals surface area (Å²) >= 11 is 0. The molecule has 0 aliphatic carbocycles. The summed E-state index contributed by atoms with van der Waals surface area (Å²) in [4.78, 5) is 11.2. The summed E-state index contributed by atoms with van der Waals surface area (Å²) in [5, 5.41) is 4.49. The smallest absolute Gasteiger partial charge is 0.222 e. The molecule has 5 rings (SSSR count). The van der Waals surface area contributed by atoms with Gasteiger partial charge in [-0.05, 0) is 18.6 Å². The first-order valence-electron chi connectivity index (χ1n) is 7.24. The molecule has 0 unspecified atom stereocenters. The molecule has 2 saturated heterocycles. The number of fused-ring (bicyclic) bond motifs is 5. The Labute approximate surface area is 120 Å². The predicted molar refractivity (Wildman–Crippen MR) is 81.3 cm³/mol. The lowest BCUT2D eigenvalue weighted by Gasteiger charge is -2.28. The summed E-state index contributed by atoms with van der Waals surface area (Å²) in [5.41, 5.74) is 8.32. The van der Waals surface area contributed by atoms with Gasteiger partial charge >= 0.3 is 0 Å². The molecule has 0 amide bonds. The average Bonchev–Trinajstić information content (AvgIpc) is 3.19. The van der Waals surface area contributed by atoms with Gasteiger partial charge in [0.1, 0.15) is 11.1 Å². The molecule has 0 radical (unpaired) electrons. The second-order valence-corrected chi connectivity index (χ2v) is 5.83. The average molecular weight is 281 g/mol. The summed E-state index contributed by atoms with van der Waals surface area (Å²) in [7, 11) is 0. The van der Waals surface area contributed by atoms with Crippen LogP contribution in [0.1, 0.15) is 6.42 Å². The lowest BCUT2D eigenvalue weighted by atomic mass is 10.2. The van der Waals surface area contributed by atoms with E-state index in [0.717, 1.165) is 47.4 Å². The molecular formula is C15H15N5O. The summed E-state index contributed by atoms with van der Waals surface area (Å²) in [6, 6.07) is 8.93. The highest BCUT2D eigenvalue weighted by molar-refractivity contribution is 6.06. The number of benzene rings is 1. The van der Waals surface area contributed by atoms with Crippen LogP contribution in [0.5, 0.6) is 0 Å². The zero-order valence-corrected chi connectivity index (χ0v) is 11.4. The summed E-state index contributed by atoms with van der Waals surface area (Å²) in [5.74, 6) is 1.14. The van der Waals surface area contributed by atoms with Gasteiger partial charge in [0.2, 0.25) is 5.95 Å². The van der Waals surface area contributed by atoms with Crippen LogP contribution in [0.25, 0.3) is 22.1 Å². The van der Waals surface area contributed by atoms with Crippen molar-refractivity contribution in [2.75, 3.05) is 23.7 Å². The first-order valence-corrected chi connectivity index (χ1v) is 7.24. The van der Waals surface area contributed by atoms with Gasteiger partial charge in [-0.3, -0.25) is 0 Å².